The summed E-state index contributed by atoms with van der Waals surface area (Å²) in [5.74, 6) is -0.831. The molecule has 0 fully saturated rings. The third kappa shape index (κ3) is 2.10. The van der Waals surface area contributed by atoms with Gasteiger partial charge in [-0.3, -0.25) is 4.98 Å². The van der Waals surface area contributed by atoms with E-state index in [2.05, 4.69) is 4.98 Å². The molecule has 4 heteroatoms. The fourth-order valence-corrected chi connectivity index (χ4v) is 1.49. The Kier molecular flexibility index (Phi) is 2.33. The molecule has 88 valence electrons. The molecule has 0 bridgehead atoms. The van der Waals surface area contributed by atoms with Crippen LogP contribution in [0.1, 0.15) is 33.4 Å². The van der Waals surface area contributed by atoms with Crippen molar-refractivity contribution in [2.75, 3.05) is 6.61 Å². The quantitative estimate of drug-likeness (QED) is 0.680. The number of aromatic nitrogens is 1. The van der Waals surface area contributed by atoms with E-state index in [1.807, 2.05) is 20.8 Å². The lowest BCUT2D eigenvalue weighted by Crippen LogP contribution is -2.37. The van der Waals surface area contributed by atoms with E-state index in [0.29, 0.717) is 11.5 Å². The molecule has 1 unspecified atom stereocenters. The number of hydrogen-bond donors (Lipinski definition) is 0. The lowest BCUT2D eigenvalue weighted by Gasteiger charge is -2.30. The fraction of sp³-hybridized carbons (Fsp3) is 0.583. The molecule has 0 radical (unpaired) electrons. The number of halogens is 1. The minimum atomic E-state index is -1.76. The Morgan fingerprint density at radius 3 is 2.69 bits per heavy atom. The molecule has 2 rings (SSSR count). The summed E-state index contributed by atoms with van der Waals surface area (Å²) in [6.45, 7) is 7.38. The van der Waals surface area contributed by atoms with Gasteiger partial charge in [-0.1, -0.05) is 20.8 Å². The maximum Gasteiger partial charge on any atom is 0.279 e. The minimum absolute atomic E-state index is 0.0947. The number of ether oxygens (including phenoxy) is 2. The number of fused-ring (bicyclic) bond motifs is 1. The predicted octanol–water partition coefficient (Wildman–Crippen LogP) is 2.84. The van der Waals surface area contributed by atoms with Gasteiger partial charge >= 0.3 is 0 Å². The summed E-state index contributed by atoms with van der Waals surface area (Å²) in [4.78, 5) is 4.28. The van der Waals surface area contributed by atoms with Crippen molar-refractivity contribution in [3.05, 3.63) is 18.0 Å². The summed E-state index contributed by atoms with van der Waals surface area (Å²) in [7, 11) is 0. The Bertz CT molecular complexity index is 410. The smallest absolute Gasteiger partial charge is 0.279 e. The summed E-state index contributed by atoms with van der Waals surface area (Å²) in [6, 6.07) is 1.74. The van der Waals surface area contributed by atoms with E-state index in [0.717, 1.165) is 5.69 Å². The second kappa shape index (κ2) is 3.34. The Morgan fingerprint density at radius 1 is 1.38 bits per heavy atom. The van der Waals surface area contributed by atoms with E-state index < -0.39 is 5.85 Å². The van der Waals surface area contributed by atoms with Crippen LogP contribution in [0.15, 0.2) is 12.3 Å². The van der Waals surface area contributed by atoms with Crippen molar-refractivity contribution >= 4 is 0 Å². The van der Waals surface area contributed by atoms with Gasteiger partial charge in [0.1, 0.15) is 0 Å². The lowest BCUT2D eigenvalue weighted by atomic mass is 9.91. The van der Waals surface area contributed by atoms with E-state index in [-0.39, 0.29) is 12.0 Å². The van der Waals surface area contributed by atoms with Crippen LogP contribution in [0.25, 0.3) is 0 Å². The minimum Gasteiger partial charge on any atom is -0.481 e. The van der Waals surface area contributed by atoms with Crippen LogP contribution in [0.5, 0.6) is 11.5 Å². The van der Waals surface area contributed by atoms with Crippen molar-refractivity contribution in [2.45, 2.75) is 39.0 Å². The van der Waals surface area contributed by atoms with E-state index in [4.69, 9.17) is 9.47 Å². The van der Waals surface area contributed by atoms with Crippen LogP contribution in [-0.4, -0.2) is 17.4 Å². The van der Waals surface area contributed by atoms with E-state index in [1.165, 1.54) is 6.92 Å². The van der Waals surface area contributed by atoms with Gasteiger partial charge in [0.15, 0.2) is 18.1 Å². The summed E-state index contributed by atoms with van der Waals surface area (Å²) < 4.78 is 24.1. The molecule has 1 aliphatic rings. The zero-order chi connectivity index (χ0) is 12.0. The highest BCUT2D eigenvalue weighted by atomic mass is 19.2. The molecule has 16 heavy (non-hydrogen) atoms. The Morgan fingerprint density at radius 2 is 2.06 bits per heavy atom. The molecular formula is C12H16FNO2. The van der Waals surface area contributed by atoms with Gasteiger partial charge < -0.3 is 9.47 Å². The van der Waals surface area contributed by atoms with Crippen molar-refractivity contribution in [2.24, 2.45) is 0 Å². The summed E-state index contributed by atoms with van der Waals surface area (Å²) in [6.07, 6.45) is 1.59. The van der Waals surface area contributed by atoms with Crippen LogP contribution in [0.3, 0.4) is 0 Å². The van der Waals surface area contributed by atoms with Crippen molar-refractivity contribution in [1.82, 2.24) is 4.98 Å². The largest absolute Gasteiger partial charge is 0.481 e. The average Bonchev–Trinajstić information content (AvgIpc) is 2.13. The average molecular weight is 225 g/mol. The molecule has 0 saturated heterocycles. The fourth-order valence-electron chi connectivity index (χ4n) is 1.49. The van der Waals surface area contributed by atoms with Gasteiger partial charge in [0.25, 0.3) is 5.85 Å². The van der Waals surface area contributed by atoms with Gasteiger partial charge in [0, 0.05) is 24.1 Å². The van der Waals surface area contributed by atoms with Crippen LogP contribution >= 0.6 is 0 Å². The van der Waals surface area contributed by atoms with Crippen molar-refractivity contribution in [3.63, 3.8) is 0 Å². The third-order valence-electron chi connectivity index (χ3n) is 2.41. The first-order chi connectivity index (χ1) is 7.28. The maximum absolute atomic E-state index is 13.6. The van der Waals surface area contributed by atoms with Crippen LogP contribution in [0, 0.1) is 0 Å². The summed E-state index contributed by atoms with van der Waals surface area (Å²) in [5, 5.41) is 0. The van der Waals surface area contributed by atoms with Crippen LogP contribution in [-0.2, 0) is 5.41 Å². The molecule has 1 aliphatic heterocycles. The number of nitrogens with zero attached hydrogens (tertiary/aromatic N) is 1. The standard InChI is InChI=1S/C12H16FNO2/c1-11(2,3)10-5-8-9(6-14-10)15-7-12(4,13)16-8/h5-6H,7H2,1-4H3. The molecule has 3 nitrogen and oxygen atoms in total. The van der Waals surface area contributed by atoms with Crippen LogP contribution < -0.4 is 9.47 Å². The van der Waals surface area contributed by atoms with Gasteiger partial charge in [-0.2, -0.15) is 4.39 Å². The van der Waals surface area contributed by atoms with Gasteiger partial charge in [-0.05, 0) is 0 Å². The monoisotopic (exact) mass is 225 g/mol. The van der Waals surface area contributed by atoms with E-state index in [1.54, 1.807) is 12.3 Å². The number of rotatable bonds is 0. The molecule has 1 aromatic heterocycles. The molecule has 2 heterocycles. The Labute approximate surface area is 94.6 Å². The molecule has 0 aromatic carbocycles. The Balaban J connectivity index is 2.39. The second-order valence-electron chi connectivity index (χ2n) is 5.26. The van der Waals surface area contributed by atoms with E-state index in [9.17, 15) is 4.39 Å². The van der Waals surface area contributed by atoms with Crippen LogP contribution in [0.4, 0.5) is 4.39 Å². The highest BCUT2D eigenvalue weighted by molar-refractivity contribution is 5.42. The SMILES string of the molecule is CC1(F)COc2cnc(C(C)(C)C)cc2O1. The van der Waals surface area contributed by atoms with Gasteiger partial charge in [-0.25, -0.2) is 0 Å². The highest BCUT2D eigenvalue weighted by Gasteiger charge is 2.33. The second-order valence-corrected chi connectivity index (χ2v) is 5.26. The van der Waals surface area contributed by atoms with Crippen molar-refractivity contribution in [3.8, 4) is 11.5 Å². The predicted molar refractivity (Wildman–Crippen MR) is 58.6 cm³/mol. The molecule has 0 aliphatic carbocycles. The van der Waals surface area contributed by atoms with Crippen molar-refractivity contribution in [1.29, 1.82) is 0 Å². The first-order valence-electron chi connectivity index (χ1n) is 5.29. The normalized spacial score (nSPS) is 24.3. The van der Waals surface area contributed by atoms with Crippen LogP contribution in [0.2, 0.25) is 0 Å². The van der Waals surface area contributed by atoms with Crippen molar-refractivity contribution < 1.29 is 13.9 Å². The zero-order valence-electron chi connectivity index (χ0n) is 10.0. The first-order valence-corrected chi connectivity index (χ1v) is 5.29. The number of hydrogen-bond acceptors (Lipinski definition) is 3. The van der Waals surface area contributed by atoms with Gasteiger partial charge in [0.2, 0.25) is 0 Å². The van der Waals surface area contributed by atoms with E-state index >= 15 is 0 Å². The Hall–Kier alpha value is -1.32. The summed E-state index contributed by atoms with van der Waals surface area (Å²) >= 11 is 0. The summed E-state index contributed by atoms with van der Waals surface area (Å²) in [5.41, 5.74) is 0.760. The molecule has 1 atom stereocenters. The number of pyridine rings is 1. The topological polar surface area (TPSA) is 31.4 Å². The molecule has 0 amide bonds. The molecular weight excluding hydrogens is 209 g/mol. The van der Waals surface area contributed by atoms with Gasteiger partial charge in [0.05, 0.1) is 6.20 Å². The maximum atomic E-state index is 13.6. The number of alkyl halides is 1. The third-order valence-corrected chi connectivity index (χ3v) is 2.41. The highest BCUT2D eigenvalue weighted by Crippen LogP contribution is 2.37. The molecule has 0 saturated carbocycles. The molecule has 0 N–H and O–H groups in total. The zero-order valence-corrected chi connectivity index (χ0v) is 10.0. The first kappa shape index (κ1) is 11.2. The molecule has 0 spiro atoms. The molecule has 1 aromatic rings. The van der Waals surface area contributed by atoms with Gasteiger partial charge in [-0.15, -0.1) is 0 Å². The lowest BCUT2D eigenvalue weighted by molar-refractivity contribution is -0.0968.